The van der Waals surface area contributed by atoms with Gasteiger partial charge in [0, 0.05) is 5.02 Å². The van der Waals surface area contributed by atoms with Crippen LogP contribution in [0.1, 0.15) is 18.0 Å². The zero-order chi connectivity index (χ0) is 13.8. The van der Waals surface area contributed by atoms with Gasteiger partial charge in [0.15, 0.2) is 0 Å². The van der Waals surface area contributed by atoms with E-state index in [0.29, 0.717) is 18.2 Å². The molecule has 0 radical (unpaired) electrons. The van der Waals surface area contributed by atoms with Crippen molar-refractivity contribution in [2.24, 2.45) is 0 Å². The van der Waals surface area contributed by atoms with Crippen LogP contribution in [0.25, 0.3) is 0 Å². The van der Waals surface area contributed by atoms with Crippen LogP contribution in [0.5, 0.6) is 5.75 Å². The molecule has 2 aromatic rings. The van der Waals surface area contributed by atoms with Gasteiger partial charge in [-0.05, 0) is 41.1 Å². The Labute approximate surface area is 129 Å². The molecule has 0 N–H and O–H groups in total. The highest BCUT2D eigenvalue weighted by Gasteiger charge is 2.07. The minimum Gasteiger partial charge on any atom is -0.490 e. The maximum Gasteiger partial charge on any atom is 0.133 e. The van der Waals surface area contributed by atoms with E-state index in [0.717, 1.165) is 15.9 Å². The van der Waals surface area contributed by atoms with E-state index in [1.165, 1.54) is 0 Å². The van der Waals surface area contributed by atoms with Crippen LogP contribution >= 0.6 is 39.1 Å². The van der Waals surface area contributed by atoms with Crippen molar-refractivity contribution in [3.63, 3.8) is 0 Å². The predicted molar refractivity (Wildman–Crippen MR) is 78.9 cm³/mol. The first kappa shape index (κ1) is 14.6. The van der Waals surface area contributed by atoms with Gasteiger partial charge >= 0.3 is 0 Å². The fourth-order valence-corrected chi connectivity index (χ4v) is 2.34. The average molecular weight is 365 g/mol. The van der Waals surface area contributed by atoms with Gasteiger partial charge < -0.3 is 4.74 Å². The Morgan fingerprint density at radius 2 is 2.26 bits per heavy atom. The fourth-order valence-electron chi connectivity index (χ4n) is 1.45. The lowest BCUT2D eigenvalue weighted by molar-refractivity contribution is 0.288. The third kappa shape index (κ3) is 4.09. The molecule has 0 amide bonds. The van der Waals surface area contributed by atoms with Gasteiger partial charge in [0.05, 0.1) is 22.6 Å². The van der Waals surface area contributed by atoms with Crippen molar-refractivity contribution in [2.75, 3.05) is 6.61 Å². The molecule has 1 heterocycles. The summed E-state index contributed by atoms with van der Waals surface area (Å²) in [6.45, 7) is 2.95. The summed E-state index contributed by atoms with van der Waals surface area (Å²) >= 11 is 15.2. The van der Waals surface area contributed by atoms with Crippen molar-refractivity contribution >= 4 is 39.1 Å². The van der Waals surface area contributed by atoms with E-state index in [-0.39, 0.29) is 5.38 Å². The molecule has 102 valence electrons. The van der Waals surface area contributed by atoms with Crippen LogP contribution in [-0.2, 0) is 6.54 Å². The van der Waals surface area contributed by atoms with Gasteiger partial charge in [-0.1, -0.05) is 16.8 Å². The van der Waals surface area contributed by atoms with Gasteiger partial charge in [0.25, 0.3) is 0 Å². The summed E-state index contributed by atoms with van der Waals surface area (Å²) in [5.74, 6) is 0.746. The summed E-state index contributed by atoms with van der Waals surface area (Å²) in [4.78, 5) is 0. The Bertz CT molecular complexity index is 560. The number of alkyl halides is 1. The number of nitrogens with zero attached hydrogens (tertiary/aromatic N) is 3. The van der Waals surface area contributed by atoms with Gasteiger partial charge in [-0.3, -0.25) is 0 Å². The Morgan fingerprint density at radius 1 is 1.47 bits per heavy atom. The van der Waals surface area contributed by atoms with Gasteiger partial charge in [0.1, 0.15) is 18.1 Å². The van der Waals surface area contributed by atoms with E-state index < -0.39 is 0 Å². The first-order chi connectivity index (χ1) is 9.06. The minimum absolute atomic E-state index is 0.139. The van der Waals surface area contributed by atoms with Gasteiger partial charge in [-0.15, -0.1) is 16.7 Å². The highest BCUT2D eigenvalue weighted by molar-refractivity contribution is 9.10. The molecule has 0 fully saturated rings. The van der Waals surface area contributed by atoms with Crippen LogP contribution in [0.3, 0.4) is 0 Å². The number of rotatable bonds is 5. The normalized spacial score (nSPS) is 12.4. The van der Waals surface area contributed by atoms with E-state index in [4.69, 9.17) is 27.9 Å². The Kier molecular flexibility index (Phi) is 5.07. The lowest BCUT2D eigenvalue weighted by atomic mass is 10.3. The van der Waals surface area contributed by atoms with E-state index in [1.54, 1.807) is 16.8 Å². The molecule has 19 heavy (non-hydrogen) atoms. The van der Waals surface area contributed by atoms with Crippen LogP contribution in [0.4, 0.5) is 0 Å². The second kappa shape index (κ2) is 6.59. The third-order valence-corrected chi connectivity index (χ3v) is 3.51. The van der Waals surface area contributed by atoms with Crippen molar-refractivity contribution in [1.29, 1.82) is 0 Å². The summed E-state index contributed by atoms with van der Waals surface area (Å²) in [6.07, 6.45) is 1.82. The number of ether oxygens (including phenoxy) is 1. The van der Waals surface area contributed by atoms with Crippen LogP contribution < -0.4 is 4.74 Å². The highest BCUT2D eigenvalue weighted by atomic mass is 79.9. The molecule has 0 spiro atoms. The molecule has 2 rings (SSSR count). The molecule has 1 aromatic heterocycles. The maximum atomic E-state index is 5.92. The summed E-state index contributed by atoms with van der Waals surface area (Å²) in [7, 11) is 0. The third-order valence-electron chi connectivity index (χ3n) is 2.44. The lowest BCUT2D eigenvalue weighted by Crippen LogP contribution is -2.09. The molecule has 4 nitrogen and oxygen atoms in total. The van der Waals surface area contributed by atoms with Gasteiger partial charge in [-0.2, -0.15) is 0 Å². The lowest BCUT2D eigenvalue weighted by Gasteiger charge is -2.08. The van der Waals surface area contributed by atoms with E-state index in [9.17, 15) is 0 Å². The van der Waals surface area contributed by atoms with E-state index in [2.05, 4.69) is 26.2 Å². The molecule has 0 bridgehead atoms. The molecule has 1 atom stereocenters. The molecule has 7 heteroatoms. The summed E-state index contributed by atoms with van der Waals surface area (Å²) in [5.41, 5.74) is 0.759. The largest absolute Gasteiger partial charge is 0.490 e. The molecule has 1 unspecified atom stereocenters. The van der Waals surface area contributed by atoms with Crippen molar-refractivity contribution in [1.82, 2.24) is 15.0 Å². The Hall–Kier alpha value is -0.780. The topological polar surface area (TPSA) is 39.9 Å². The standard InChI is InChI=1S/C12H12BrCl2N3O/c1-8(14)11-7-18(17-16-11)4-5-19-12-3-2-9(15)6-10(12)13/h2-3,6-8H,4-5H2,1H3. The average Bonchev–Trinajstić information content (AvgIpc) is 2.81. The van der Waals surface area contributed by atoms with Crippen LogP contribution in [-0.4, -0.2) is 21.6 Å². The number of halogens is 3. The van der Waals surface area contributed by atoms with Gasteiger partial charge in [0.2, 0.25) is 0 Å². The first-order valence-corrected chi connectivity index (χ1v) is 7.29. The molecular weight excluding hydrogens is 353 g/mol. The van der Waals surface area contributed by atoms with Crippen LogP contribution in [0.15, 0.2) is 28.9 Å². The van der Waals surface area contributed by atoms with E-state index >= 15 is 0 Å². The zero-order valence-corrected chi connectivity index (χ0v) is 13.3. The number of hydrogen-bond donors (Lipinski definition) is 0. The zero-order valence-electron chi connectivity index (χ0n) is 10.2. The predicted octanol–water partition coefficient (Wildman–Crippen LogP) is 4.07. The number of aromatic nitrogens is 3. The maximum absolute atomic E-state index is 5.92. The summed E-state index contributed by atoms with van der Waals surface area (Å²) < 4.78 is 8.17. The fraction of sp³-hybridized carbons (Fsp3) is 0.333. The first-order valence-electron chi connectivity index (χ1n) is 5.68. The summed E-state index contributed by atoms with van der Waals surface area (Å²) in [6, 6.07) is 5.39. The van der Waals surface area contributed by atoms with Crippen molar-refractivity contribution in [3.8, 4) is 5.75 Å². The van der Waals surface area contributed by atoms with E-state index in [1.807, 2.05) is 19.2 Å². The highest BCUT2D eigenvalue weighted by Crippen LogP contribution is 2.27. The quantitative estimate of drug-likeness (QED) is 0.750. The van der Waals surface area contributed by atoms with Crippen molar-refractivity contribution in [3.05, 3.63) is 39.6 Å². The van der Waals surface area contributed by atoms with Crippen molar-refractivity contribution < 1.29 is 4.74 Å². The second-order valence-corrected chi connectivity index (χ2v) is 5.89. The molecular formula is C12H12BrCl2N3O. The van der Waals surface area contributed by atoms with Crippen molar-refractivity contribution in [2.45, 2.75) is 18.8 Å². The molecule has 0 saturated carbocycles. The Balaban J connectivity index is 1.89. The molecule has 0 aliphatic carbocycles. The Morgan fingerprint density at radius 3 is 2.89 bits per heavy atom. The number of benzene rings is 1. The second-order valence-electron chi connectivity index (χ2n) is 3.95. The monoisotopic (exact) mass is 363 g/mol. The molecule has 0 aliphatic heterocycles. The minimum atomic E-state index is -0.139. The van der Waals surface area contributed by atoms with Crippen LogP contribution in [0, 0.1) is 0 Å². The smallest absolute Gasteiger partial charge is 0.133 e. The van der Waals surface area contributed by atoms with Crippen LogP contribution in [0.2, 0.25) is 5.02 Å². The molecule has 0 aliphatic rings. The van der Waals surface area contributed by atoms with Gasteiger partial charge in [-0.25, -0.2) is 4.68 Å². The molecule has 1 aromatic carbocycles. The number of hydrogen-bond acceptors (Lipinski definition) is 3. The molecule has 0 saturated heterocycles. The SMILES string of the molecule is CC(Cl)c1cn(CCOc2ccc(Cl)cc2Br)nn1. The summed E-state index contributed by atoms with van der Waals surface area (Å²) in [5, 5.41) is 8.47.